The van der Waals surface area contributed by atoms with Crippen molar-refractivity contribution in [3.63, 3.8) is 0 Å². The molecule has 0 aliphatic heterocycles. The summed E-state index contributed by atoms with van der Waals surface area (Å²) in [6.45, 7) is 0. The summed E-state index contributed by atoms with van der Waals surface area (Å²) in [6, 6.07) is 12.7. The number of hydrogen-bond donors (Lipinski definition) is 0. The molecule has 19 heavy (non-hydrogen) atoms. The topological polar surface area (TPSA) is 42.2 Å². The Kier molecular flexibility index (Phi) is 4.46. The van der Waals surface area contributed by atoms with Crippen molar-refractivity contribution in [3.8, 4) is 23.3 Å². The SMILES string of the molecule is COc1ccc(C#N)c(Oc2ccc(Br)cc2Br)c1. The Balaban J connectivity index is 2.39. The quantitative estimate of drug-likeness (QED) is 0.759. The first-order valence-electron chi connectivity index (χ1n) is 5.35. The van der Waals surface area contributed by atoms with E-state index >= 15 is 0 Å². The van der Waals surface area contributed by atoms with Crippen LogP contribution in [0, 0.1) is 11.3 Å². The fourth-order valence-corrected chi connectivity index (χ4v) is 2.61. The Morgan fingerprint density at radius 2 is 1.84 bits per heavy atom. The molecule has 0 unspecified atom stereocenters. The Morgan fingerprint density at radius 1 is 1.05 bits per heavy atom. The van der Waals surface area contributed by atoms with E-state index in [0.29, 0.717) is 22.8 Å². The predicted octanol–water partition coefficient (Wildman–Crippen LogP) is 4.88. The number of nitrogens with zero attached hydrogens (tertiary/aromatic N) is 1. The van der Waals surface area contributed by atoms with Gasteiger partial charge in [0.15, 0.2) is 0 Å². The van der Waals surface area contributed by atoms with Gasteiger partial charge < -0.3 is 9.47 Å². The maximum absolute atomic E-state index is 9.08. The molecular weight excluding hydrogens is 374 g/mol. The molecule has 0 N–H and O–H groups in total. The summed E-state index contributed by atoms with van der Waals surface area (Å²) in [5.74, 6) is 1.74. The molecule has 0 aromatic heterocycles. The van der Waals surface area contributed by atoms with Gasteiger partial charge in [0.25, 0.3) is 0 Å². The van der Waals surface area contributed by atoms with Gasteiger partial charge in [-0.3, -0.25) is 0 Å². The molecule has 0 aliphatic rings. The first kappa shape index (κ1) is 13.9. The molecule has 0 bridgehead atoms. The number of methoxy groups -OCH3 is 1. The van der Waals surface area contributed by atoms with Crippen LogP contribution in [0.4, 0.5) is 0 Å². The van der Waals surface area contributed by atoms with E-state index in [1.54, 1.807) is 25.3 Å². The van der Waals surface area contributed by atoms with E-state index in [2.05, 4.69) is 37.9 Å². The van der Waals surface area contributed by atoms with Crippen LogP contribution in [0.15, 0.2) is 45.3 Å². The molecule has 0 amide bonds. The summed E-state index contributed by atoms with van der Waals surface area (Å²) in [5.41, 5.74) is 0.454. The fourth-order valence-electron chi connectivity index (χ4n) is 1.48. The summed E-state index contributed by atoms with van der Waals surface area (Å²) < 4.78 is 12.6. The van der Waals surface area contributed by atoms with E-state index in [1.807, 2.05) is 18.2 Å². The first-order valence-corrected chi connectivity index (χ1v) is 6.93. The van der Waals surface area contributed by atoms with Crippen molar-refractivity contribution >= 4 is 31.9 Å². The minimum absolute atomic E-state index is 0.454. The van der Waals surface area contributed by atoms with Crippen molar-refractivity contribution in [2.75, 3.05) is 7.11 Å². The van der Waals surface area contributed by atoms with Crippen LogP contribution in [-0.4, -0.2) is 7.11 Å². The summed E-state index contributed by atoms with van der Waals surface area (Å²) in [7, 11) is 1.57. The summed E-state index contributed by atoms with van der Waals surface area (Å²) in [5, 5.41) is 9.08. The van der Waals surface area contributed by atoms with Gasteiger partial charge in [-0.25, -0.2) is 0 Å². The van der Waals surface area contributed by atoms with Crippen molar-refractivity contribution in [3.05, 3.63) is 50.9 Å². The van der Waals surface area contributed by atoms with Crippen molar-refractivity contribution in [1.82, 2.24) is 0 Å². The lowest BCUT2D eigenvalue weighted by atomic mass is 10.2. The molecule has 0 heterocycles. The molecule has 0 radical (unpaired) electrons. The van der Waals surface area contributed by atoms with Gasteiger partial charge in [-0.05, 0) is 46.3 Å². The van der Waals surface area contributed by atoms with Gasteiger partial charge >= 0.3 is 0 Å². The highest BCUT2D eigenvalue weighted by Crippen LogP contribution is 2.34. The van der Waals surface area contributed by atoms with E-state index in [9.17, 15) is 0 Å². The normalized spacial score (nSPS) is 9.79. The van der Waals surface area contributed by atoms with Crippen LogP contribution >= 0.6 is 31.9 Å². The molecule has 0 aliphatic carbocycles. The molecule has 2 rings (SSSR count). The molecule has 5 heteroatoms. The molecule has 2 aromatic rings. The van der Waals surface area contributed by atoms with Gasteiger partial charge in [0.05, 0.1) is 17.1 Å². The number of hydrogen-bond acceptors (Lipinski definition) is 3. The Labute approximate surface area is 128 Å². The number of rotatable bonds is 3. The third-order valence-corrected chi connectivity index (χ3v) is 3.54. The van der Waals surface area contributed by atoms with Crippen molar-refractivity contribution < 1.29 is 9.47 Å². The lowest BCUT2D eigenvalue weighted by Gasteiger charge is -2.10. The number of ether oxygens (including phenoxy) is 2. The van der Waals surface area contributed by atoms with Gasteiger partial charge in [-0.2, -0.15) is 5.26 Å². The second-order valence-electron chi connectivity index (χ2n) is 3.65. The second kappa shape index (κ2) is 6.09. The first-order chi connectivity index (χ1) is 9.13. The highest BCUT2D eigenvalue weighted by Gasteiger charge is 2.09. The Hall–Kier alpha value is -1.51. The zero-order valence-corrected chi connectivity index (χ0v) is 13.2. The lowest BCUT2D eigenvalue weighted by molar-refractivity contribution is 0.408. The predicted molar refractivity (Wildman–Crippen MR) is 79.6 cm³/mol. The third kappa shape index (κ3) is 3.28. The zero-order chi connectivity index (χ0) is 13.8. The number of benzene rings is 2. The maximum Gasteiger partial charge on any atom is 0.148 e. The molecule has 0 atom stereocenters. The van der Waals surface area contributed by atoms with Crippen LogP contribution in [0.1, 0.15) is 5.56 Å². The van der Waals surface area contributed by atoms with Gasteiger partial charge in [0.1, 0.15) is 23.3 Å². The molecule has 0 fully saturated rings. The summed E-state index contributed by atoms with van der Waals surface area (Å²) in [6.07, 6.45) is 0. The minimum atomic E-state index is 0.454. The van der Waals surface area contributed by atoms with E-state index in [0.717, 1.165) is 8.95 Å². The number of halogens is 2. The minimum Gasteiger partial charge on any atom is -0.497 e. The Morgan fingerprint density at radius 3 is 2.47 bits per heavy atom. The van der Waals surface area contributed by atoms with Crippen LogP contribution in [-0.2, 0) is 0 Å². The average molecular weight is 383 g/mol. The van der Waals surface area contributed by atoms with Crippen LogP contribution in [0.25, 0.3) is 0 Å². The molecule has 3 nitrogen and oxygen atoms in total. The fraction of sp³-hybridized carbons (Fsp3) is 0.0714. The van der Waals surface area contributed by atoms with Crippen LogP contribution in [0.5, 0.6) is 17.2 Å². The summed E-state index contributed by atoms with van der Waals surface area (Å²) in [4.78, 5) is 0. The number of nitriles is 1. The molecular formula is C14H9Br2NO2. The second-order valence-corrected chi connectivity index (χ2v) is 5.42. The lowest BCUT2D eigenvalue weighted by Crippen LogP contribution is -1.91. The molecule has 96 valence electrons. The summed E-state index contributed by atoms with van der Waals surface area (Å²) >= 11 is 6.79. The van der Waals surface area contributed by atoms with Gasteiger partial charge in [0.2, 0.25) is 0 Å². The van der Waals surface area contributed by atoms with Gasteiger partial charge in [-0.15, -0.1) is 0 Å². The van der Waals surface area contributed by atoms with E-state index in [1.165, 1.54) is 0 Å². The Bertz CT molecular complexity index is 650. The van der Waals surface area contributed by atoms with Crippen molar-refractivity contribution in [1.29, 1.82) is 5.26 Å². The average Bonchev–Trinajstić information content (AvgIpc) is 2.41. The van der Waals surface area contributed by atoms with Crippen molar-refractivity contribution in [2.45, 2.75) is 0 Å². The van der Waals surface area contributed by atoms with Crippen LogP contribution in [0.2, 0.25) is 0 Å². The molecule has 0 saturated heterocycles. The third-order valence-electron chi connectivity index (χ3n) is 2.42. The zero-order valence-electron chi connectivity index (χ0n) is 9.98. The van der Waals surface area contributed by atoms with E-state index in [4.69, 9.17) is 14.7 Å². The molecule has 0 spiro atoms. The van der Waals surface area contributed by atoms with E-state index < -0.39 is 0 Å². The standard InChI is InChI=1S/C14H9Br2NO2/c1-18-11-4-2-9(8-17)14(7-11)19-13-5-3-10(15)6-12(13)16/h2-7H,1H3. The monoisotopic (exact) mass is 381 g/mol. The molecule has 2 aromatic carbocycles. The molecule has 0 saturated carbocycles. The van der Waals surface area contributed by atoms with Crippen molar-refractivity contribution in [2.24, 2.45) is 0 Å². The smallest absolute Gasteiger partial charge is 0.148 e. The van der Waals surface area contributed by atoms with Crippen LogP contribution < -0.4 is 9.47 Å². The van der Waals surface area contributed by atoms with Gasteiger partial charge in [-0.1, -0.05) is 15.9 Å². The highest BCUT2D eigenvalue weighted by atomic mass is 79.9. The largest absolute Gasteiger partial charge is 0.497 e. The van der Waals surface area contributed by atoms with E-state index in [-0.39, 0.29) is 0 Å². The maximum atomic E-state index is 9.08. The highest BCUT2D eigenvalue weighted by molar-refractivity contribution is 9.11. The van der Waals surface area contributed by atoms with Crippen LogP contribution in [0.3, 0.4) is 0 Å². The van der Waals surface area contributed by atoms with Gasteiger partial charge in [0, 0.05) is 10.5 Å².